The fourth-order valence-corrected chi connectivity index (χ4v) is 2.94. The van der Waals surface area contributed by atoms with E-state index in [1.165, 1.54) is 12.1 Å². The summed E-state index contributed by atoms with van der Waals surface area (Å²) in [5, 5.41) is 6.13. The van der Waals surface area contributed by atoms with Crippen LogP contribution in [0.5, 0.6) is 0 Å². The van der Waals surface area contributed by atoms with E-state index in [2.05, 4.69) is 26.6 Å². The lowest BCUT2D eigenvalue weighted by Crippen LogP contribution is -2.42. The van der Waals surface area contributed by atoms with Crippen LogP contribution in [0, 0.1) is 5.82 Å². The molecule has 2 rings (SSSR count). The highest BCUT2D eigenvalue weighted by Gasteiger charge is 2.17. The fraction of sp³-hybridized carbons (Fsp3) is 0.278. The van der Waals surface area contributed by atoms with Crippen molar-refractivity contribution in [1.82, 2.24) is 10.6 Å². The zero-order valence-electron chi connectivity index (χ0n) is 13.1. The Morgan fingerprint density at radius 1 is 1.13 bits per heavy atom. The van der Waals surface area contributed by atoms with Crippen LogP contribution in [0.25, 0.3) is 0 Å². The molecular formula is C18H20BrFN2O. The van der Waals surface area contributed by atoms with Crippen molar-refractivity contribution in [2.75, 3.05) is 0 Å². The molecule has 3 nitrogen and oxygen atoms in total. The molecule has 0 saturated heterocycles. The van der Waals surface area contributed by atoms with E-state index in [-0.39, 0.29) is 23.8 Å². The third-order valence-corrected chi connectivity index (χ3v) is 4.37. The van der Waals surface area contributed by atoms with Gasteiger partial charge in [-0.05, 0) is 43.2 Å². The van der Waals surface area contributed by atoms with Crippen LogP contribution in [0.3, 0.4) is 0 Å². The molecule has 1 amide bonds. The summed E-state index contributed by atoms with van der Waals surface area (Å²) in [6.07, 6.45) is 0. The number of carbonyl (C=O) groups excluding carboxylic acids is 1. The van der Waals surface area contributed by atoms with Crippen LogP contribution in [0.4, 0.5) is 4.39 Å². The van der Waals surface area contributed by atoms with E-state index < -0.39 is 0 Å². The molecule has 0 aliphatic carbocycles. The SMILES string of the molecule is CC(NC(C)c1ccccc1Br)C(=O)NCc1ccc(F)cc1. The second kappa shape index (κ2) is 8.22. The Morgan fingerprint density at radius 3 is 2.43 bits per heavy atom. The molecule has 0 aromatic heterocycles. The van der Waals surface area contributed by atoms with Crippen molar-refractivity contribution in [3.63, 3.8) is 0 Å². The van der Waals surface area contributed by atoms with Gasteiger partial charge in [0.05, 0.1) is 6.04 Å². The summed E-state index contributed by atoms with van der Waals surface area (Å²) in [6, 6.07) is 13.7. The summed E-state index contributed by atoms with van der Waals surface area (Å²) in [6.45, 7) is 4.23. The van der Waals surface area contributed by atoms with E-state index in [0.717, 1.165) is 15.6 Å². The molecule has 0 radical (unpaired) electrons. The number of hydrogen-bond donors (Lipinski definition) is 2. The summed E-state index contributed by atoms with van der Waals surface area (Å²) in [5.41, 5.74) is 1.97. The molecule has 0 spiro atoms. The molecule has 2 unspecified atom stereocenters. The largest absolute Gasteiger partial charge is 0.351 e. The van der Waals surface area contributed by atoms with Gasteiger partial charge in [-0.25, -0.2) is 4.39 Å². The molecule has 0 aliphatic rings. The van der Waals surface area contributed by atoms with E-state index in [1.807, 2.05) is 38.1 Å². The monoisotopic (exact) mass is 378 g/mol. The smallest absolute Gasteiger partial charge is 0.237 e. The number of amides is 1. The summed E-state index contributed by atoms with van der Waals surface area (Å²) in [5.74, 6) is -0.370. The molecule has 2 aromatic rings. The molecule has 23 heavy (non-hydrogen) atoms. The second-order valence-corrected chi connectivity index (χ2v) is 6.33. The molecule has 0 saturated carbocycles. The molecule has 0 bridgehead atoms. The van der Waals surface area contributed by atoms with Crippen LogP contribution in [-0.2, 0) is 11.3 Å². The van der Waals surface area contributed by atoms with E-state index in [4.69, 9.17) is 0 Å². The van der Waals surface area contributed by atoms with Crippen molar-refractivity contribution in [2.24, 2.45) is 0 Å². The van der Waals surface area contributed by atoms with Crippen LogP contribution in [-0.4, -0.2) is 11.9 Å². The minimum absolute atomic E-state index is 0.0390. The predicted molar refractivity (Wildman–Crippen MR) is 93.4 cm³/mol. The normalized spacial score (nSPS) is 13.4. The van der Waals surface area contributed by atoms with Crippen LogP contribution in [0.1, 0.15) is 31.0 Å². The Kier molecular flexibility index (Phi) is 6.30. The third-order valence-electron chi connectivity index (χ3n) is 3.65. The van der Waals surface area contributed by atoms with Crippen molar-refractivity contribution in [3.05, 3.63) is 69.9 Å². The average molecular weight is 379 g/mol. The first-order chi connectivity index (χ1) is 11.0. The van der Waals surface area contributed by atoms with Crippen molar-refractivity contribution >= 4 is 21.8 Å². The first-order valence-corrected chi connectivity index (χ1v) is 8.29. The first-order valence-electron chi connectivity index (χ1n) is 7.50. The molecule has 0 aliphatic heterocycles. The minimum Gasteiger partial charge on any atom is -0.351 e. The highest BCUT2D eigenvalue weighted by atomic mass is 79.9. The van der Waals surface area contributed by atoms with Gasteiger partial charge in [0.2, 0.25) is 5.91 Å². The zero-order chi connectivity index (χ0) is 16.8. The number of benzene rings is 2. The lowest BCUT2D eigenvalue weighted by atomic mass is 10.1. The molecule has 2 N–H and O–H groups in total. The predicted octanol–water partition coefficient (Wildman–Crippen LogP) is 3.94. The molecule has 0 fully saturated rings. The van der Waals surface area contributed by atoms with Gasteiger partial charge in [-0.1, -0.05) is 46.3 Å². The van der Waals surface area contributed by atoms with Gasteiger partial charge in [0.25, 0.3) is 0 Å². The number of hydrogen-bond acceptors (Lipinski definition) is 2. The van der Waals surface area contributed by atoms with E-state index in [1.54, 1.807) is 12.1 Å². The lowest BCUT2D eigenvalue weighted by Gasteiger charge is -2.21. The van der Waals surface area contributed by atoms with Gasteiger partial charge in [0.15, 0.2) is 0 Å². The van der Waals surface area contributed by atoms with Gasteiger partial charge in [0.1, 0.15) is 5.82 Å². The van der Waals surface area contributed by atoms with Crippen molar-refractivity contribution < 1.29 is 9.18 Å². The fourth-order valence-electron chi connectivity index (χ4n) is 2.31. The Morgan fingerprint density at radius 2 is 1.78 bits per heavy atom. The molecule has 122 valence electrons. The van der Waals surface area contributed by atoms with Gasteiger partial charge in [-0.15, -0.1) is 0 Å². The Hall–Kier alpha value is -1.72. The van der Waals surface area contributed by atoms with Crippen molar-refractivity contribution in [1.29, 1.82) is 0 Å². The maximum absolute atomic E-state index is 12.8. The number of rotatable bonds is 6. The van der Waals surface area contributed by atoms with Gasteiger partial charge in [0, 0.05) is 17.1 Å². The van der Waals surface area contributed by atoms with Crippen molar-refractivity contribution in [3.8, 4) is 0 Å². The van der Waals surface area contributed by atoms with Crippen LogP contribution >= 0.6 is 15.9 Å². The average Bonchev–Trinajstić information content (AvgIpc) is 2.54. The molecular weight excluding hydrogens is 359 g/mol. The number of nitrogens with one attached hydrogen (secondary N) is 2. The lowest BCUT2D eigenvalue weighted by molar-refractivity contribution is -0.123. The van der Waals surface area contributed by atoms with Gasteiger partial charge in [-0.3, -0.25) is 10.1 Å². The van der Waals surface area contributed by atoms with Crippen LogP contribution in [0.2, 0.25) is 0 Å². The highest BCUT2D eigenvalue weighted by Crippen LogP contribution is 2.23. The van der Waals surface area contributed by atoms with E-state index in [9.17, 15) is 9.18 Å². The van der Waals surface area contributed by atoms with Gasteiger partial charge < -0.3 is 5.32 Å². The highest BCUT2D eigenvalue weighted by molar-refractivity contribution is 9.10. The van der Waals surface area contributed by atoms with Gasteiger partial charge in [-0.2, -0.15) is 0 Å². The zero-order valence-corrected chi connectivity index (χ0v) is 14.7. The topological polar surface area (TPSA) is 41.1 Å². The Bertz CT molecular complexity index is 660. The molecule has 2 aromatic carbocycles. The molecule has 5 heteroatoms. The van der Waals surface area contributed by atoms with Crippen LogP contribution < -0.4 is 10.6 Å². The molecule has 2 atom stereocenters. The van der Waals surface area contributed by atoms with Crippen LogP contribution in [0.15, 0.2) is 53.0 Å². The van der Waals surface area contributed by atoms with E-state index in [0.29, 0.717) is 6.54 Å². The Labute approximate surface area is 144 Å². The number of halogens is 2. The van der Waals surface area contributed by atoms with Gasteiger partial charge >= 0.3 is 0 Å². The summed E-state index contributed by atoms with van der Waals surface area (Å²) < 4.78 is 13.9. The Balaban J connectivity index is 1.87. The minimum atomic E-state index is -0.336. The quantitative estimate of drug-likeness (QED) is 0.798. The number of carbonyl (C=O) groups is 1. The summed E-state index contributed by atoms with van der Waals surface area (Å²) in [7, 11) is 0. The van der Waals surface area contributed by atoms with Crippen molar-refractivity contribution in [2.45, 2.75) is 32.5 Å². The third kappa shape index (κ3) is 5.15. The maximum atomic E-state index is 12.8. The summed E-state index contributed by atoms with van der Waals surface area (Å²) in [4.78, 5) is 12.2. The standard InChI is InChI=1S/C18H20BrFN2O/c1-12(16-5-3-4-6-17(16)19)22-13(2)18(23)21-11-14-7-9-15(20)10-8-14/h3-10,12-13,22H,11H2,1-2H3,(H,21,23). The summed E-state index contributed by atoms with van der Waals surface area (Å²) >= 11 is 3.52. The second-order valence-electron chi connectivity index (χ2n) is 5.48. The first kappa shape index (κ1) is 17.6. The van der Waals surface area contributed by atoms with E-state index >= 15 is 0 Å². The maximum Gasteiger partial charge on any atom is 0.237 e. The molecule has 0 heterocycles.